The molecule has 2 aromatic heterocycles. The van der Waals surface area contributed by atoms with Gasteiger partial charge in [-0.1, -0.05) is 18.2 Å². The first-order valence-electron chi connectivity index (χ1n) is 8.68. The van der Waals surface area contributed by atoms with Crippen LogP contribution in [-0.2, 0) is 20.1 Å². The largest absolute Gasteiger partial charge is 0.491 e. The van der Waals surface area contributed by atoms with Gasteiger partial charge in [0.1, 0.15) is 24.3 Å². The molecule has 0 spiro atoms. The lowest BCUT2D eigenvalue weighted by molar-refractivity contribution is 0.0584. The Morgan fingerprint density at radius 2 is 2.04 bits per heavy atom. The SMILES string of the molecule is Cn1cc(-c2nnc3n2CCN(CC(O)COc2ccccc2)C3)cn1. The van der Waals surface area contributed by atoms with Gasteiger partial charge in [-0.05, 0) is 12.1 Å². The second kappa shape index (κ2) is 7.27. The summed E-state index contributed by atoms with van der Waals surface area (Å²) in [6.07, 6.45) is 3.19. The zero-order chi connectivity index (χ0) is 17.9. The molecule has 0 radical (unpaired) electrons. The third-order valence-corrected chi connectivity index (χ3v) is 4.45. The smallest absolute Gasteiger partial charge is 0.167 e. The number of aliphatic hydroxyl groups is 1. The number of rotatable bonds is 6. The Hall–Kier alpha value is -2.71. The van der Waals surface area contributed by atoms with Crippen molar-refractivity contribution in [3.8, 4) is 17.1 Å². The van der Waals surface area contributed by atoms with Crippen LogP contribution in [0.3, 0.4) is 0 Å². The summed E-state index contributed by atoms with van der Waals surface area (Å²) in [6, 6.07) is 9.54. The van der Waals surface area contributed by atoms with Crippen molar-refractivity contribution in [1.29, 1.82) is 0 Å². The fraction of sp³-hybridized carbons (Fsp3) is 0.389. The van der Waals surface area contributed by atoms with Gasteiger partial charge in [0.2, 0.25) is 0 Å². The Labute approximate surface area is 151 Å². The van der Waals surface area contributed by atoms with Crippen LogP contribution >= 0.6 is 0 Å². The normalized spacial score (nSPS) is 15.6. The predicted octanol–water partition coefficient (Wildman–Crippen LogP) is 0.934. The molecule has 1 aromatic carbocycles. The average Bonchev–Trinajstić information content (AvgIpc) is 3.26. The van der Waals surface area contributed by atoms with Crippen molar-refractivity contribution in [3.63, 3.8) is 0 Å². The number of β-amino-alcohol motifs (C(OH)–C–C–N with tert-alkyl or cyclic N) is 1. The quantitative estimate of drug-likeness (QED) is 0.709. The first kappa shape index (κ1) is 16.7. The fourth-order valence-corrected chi connectivity index (χ4v) is 3.17. The van der Waals surface area contributed by atoms with E-state index in [-0.39, 0.29) is 6.61 Å². The van der Waals surface area contributed by atoms with E-state index in [0.717, 1.165) is 36.1 Å². The van der Waals surface area contributed by atoms with E-state index in [2.05, 4.69) is 24.8 Å². The zero-order valence-corrected chi connectivity index (χ0v) is 14.7. The maximum Gasteiger partial charge on any atom is 0.167 e. The summed E-state index contributed by atoms with van der Waals surface area (Å²) >= 11 is 0. The van der Waals surface area contributed by atoms with E-state index in [4.69, 9.17) is 4.74 Å². The molecule has 1 N–H and O–H groups in total. The second-order valence-corrected chi connectivity index (χ2v) is 6.51. The Morgan fingerprint density at radius 1 is 1.19 bits per heavy atom. The van der Waals surface area contributed by atoms with Gasteiger partial charge in [0.05, 0.1) is 18.3 Å². The molecule has 26 heavy (non-hydrogen) atoms. The maximum absolute atomic E-state index is 10.3. The van der Waals surface area contributed by atoms with Crippen LogP contribution < -0.4 is 4.74 Å². The molecule has 0 bridgehead atoms. The second-order valence-electron chi connectivity index (χ2n) is 6.51. The Balaban J connectivity index is 1.34. The van der Waals surface area contributed by atoms with Gasteiger partial charge in [0, 0.05) is 32.9 Å². The lowest BCUT2D eigenvalue weighted by Crippen LogP contribution is -2.40. The van der Waals surface area contributed by atoms with Crippen LogP contribution in [0, 0.1) is 0 Å². The van der Waals surface area contributed by atoms with Crippen molar-refractivity contribution >= 4 is 0 Å². The minimum absolute atomic E-state index is 0.272. The summed E-state index contributed by atoms with van der Waals surface area (Å²) in [5, 5.41) is 23.1. The molecule has 8 heteroatoms. The van der Waals surface area contributed by atoms with E-state index >= 15 is 0 Å². The summed E-state index contributed by atoms with van der Waals surface area (Å²) in [7, 11) is 1.89. The molecule has 8 nitrogen and oxygen atoms in total. The van der Waals surface area contributed by atoms with Gasteiger partial charge in [-0.15, -0.1) is 10.2 Å². The first-order chi connectivity index (χ1) is 12.7. The van der Waals surface area contributed by atoms with Crippen LogP contribution in [0.1, 0.15) is 5.82 Å². The van der Waals surface area contributed by atoms with Crippen molar-refractivity contribution < 1.29 is 9.84 Å². The van der Waals surface area contributed by atoms with E-state index in [0.29, 0.717) is 13.1 Å². The van der Waals surface area contributed by atoms with Crippen LogP contribution in [0.2, 0.25) is 0 Å². The highest BCUT2D eigenvalue weighted by molar-refractivity contribution is 5.52. The minimum Gasteiger partial charge on any atom is -0.491 e. The molecule has 0 aliphatic carbocycles. The first-order valence-corrected chi connectivity index (χ1v) is 8.68. The molecule has 1 atom stereocenters. The molecule has 1 unspecified atom stereocenters. The summed E-state index contributed by atoms with van der Waals surface area (Å²) in [4.78, 5) is 2.18. The van der Waals surface area contributed by atoms with E-state index in [1.807, 2.05) is 43.6 Å². The van der Waals surface area contributed by atoms with Gasteiger partial charge in [0.25, 0.3) is 0 Å². The molecule has 0 amide bonds. The van der Waals surface area contributed by atoms with Crippen LogP contribution in [0.4, 0.5) is 0 Å². The number of aryl methyl sites for hydroxylation is 1. The average molecular weight is 354 g/mol. The van der Waals surface area contributed by atoms with Crippen LogP contribution in [0.25, 0.3) is 11.4 Å². The molecular formula is C18H22N6O2. The molecular weight excluding hydrogens is 332 g/mol. The molecule has 136 valence electrons. The number of hydrogen-bond donors (Lipinski definition) is 1. The highest BCUT2D eigenvalue weighted by atomic mass is 16.5. The number of ether oxygens (including phenoxy) is 1. The van der Waals surface area contributed by atoms with Gasteiger partial charge in [-0.3, -0.25) is 9.58 Å². The van der Waals surface area contributed by atoms with Gasteiger partial charge >= 0.3 is 0 Å². The van der Waals surface area contributed by atoms with E-state index in [1.165, 1.54) is 0 Å². The van der Waals surface area contributed by atoms with Gasteiger partial charge in [-0.25, -0.2) is 0 Å². The predicted molar refractivity (Wildman–Crippen MR) is 95.4 cm³/mol. The van der Waals surface area contributed by atoms with E-state index in [9.17, 15) is 5.11 Å². The Morgan fingerprint density at radius 3 is 2.81 bits per heavy atom. The molecule has 0 saturated heterocycles. The number of fused-ring (bicyclic) bond motifs is 1. The number of aromatic nitrogens is 5. The molecule has 0 fully saturated rings. The summed E-state index contributed by atoms with van der Waals surface area (Å²) < 4.78 is 9.51. The lowest BCUT2D eigenvalue weighted by atomic mass is 10.2. The molecule has 4 rings (SSSR count). The third-order valence-electron chi connectivity index (χ3n) is 4.45. The molecule has 1 aliphatic rings. The van der Waals surface area contributed by atoms with Crippen LogP contribution in [-0.4, -0.2) is 60.4 Å². The number of para-hydroxylation sites is 1. The highest BCUT2D eigenvalue weighted by Gasteiger charge is 2.24. The van der Waals surface area contributed by atoms with E-state index < -0.39 is 6.10 Å². The monoisotopic (exact) mass is 354 g/mol. The number of nitrogens with zero attached hydrogens (tertiary/aromatic N) is 6. The summed E-state index contributed by atoms with van der Waals surface area (Å²) in [5.74, 6) is 2.53. The summed E-state index contributed by atoms with van der Waals surface area (Å²) in [6.45, 7) is 3.10. The van der Waals surface area contributed by atoms with Crippen molar-refractivity contribution in [1.82, 2.24) is 29.4 Å². The Kier molecular flexibility index (Phi) is 4.68. The zero-order valence-electron chi connectivity index (χ0n) is 14.7. The lowest BCUT2D eigenvalue weighted by Gasteiger charge is -2.29. The number of hydrogen-bond acceptors (Lipinski definition) is 6. The van der Waals surface area contributed by atoms with Crippen LogP contribution in [0.15, 0.2) is 42.7 Å². The maximum atomic E-state index is 10.3. The number of benzene rings is 1. The van der Waals surface area contributed by atoms with Crippen molar-refractivity contribution in [2.75, 3.05) is 19.7 Å². The van der Waals surface area contributed by atoms with Crippen molar-refractivity contribution in [2.45, 2.75) is 19.2 Å². The standard InChI is InChI=1S/C18H22N6O2/c1-22-10-14(9-19-22)18-21-20-17-12-23(7-8-24(17)18)11-15(25)13-26-16-5-3-2-4-6-16/h2-6,9-10,15,25H,7-8,11-13H2,1H3. The van der Waals surface area contributed by atoms with Crippen LogP contribution in [0.5, 0.6) is 5.75 Å². The van der Waals surface area contributed by atoms with Gasteiger partial charge in [0.15, 0.2) is 5.82 Å². The number of aliphatic hydroxyl groups excluding tert-OH is 1. The third kappa shape index (κ3) is 3.61. The molecule has 1 aliphatic heterocycles. The van der Waals surface area contributed by atoms with Gasteiger partial charge in [-0.2, -0.15) is 5.10 Å². The molecule has 0 saturated carbocycles. The van der Waals surface area contributed by atoms with E-state index in [1.54, 1.807) is 10.9 Å². The van der Waals surface area contributed by atoms with Crippen molar-refractivity contribution in [2.24, 2.45) is 7.05 Å². The Bertz CT molecular complexity index is 860. The summed E-state index contributed by atoms with van der Waals surface area (Å²) in [5.41, 5.74) is 0.969. The topological polar surface area (TPSA) is 81.2 Å². The minimum atomic E-state index is -0.553. The molecule has 3 aromatic rings. The molecule has 3 heterocycles. The highest BCUT2D eigenvalue weighted by Crippen LogP contribution is 2.21. The van der Waals surface area contributed by atoms with Gasteiger partial charge < -0.3 is 14.4 Å². The fourth-order valence-electron chi connectivity index (χ4n) is 3.17. The van der Waals surface area contributed by atoms with Crippen molar-refractivity contribution in [3.05, 3.63) is 48.5 Å².